The molecule has 1 aromatic carbocycles. The van der Waals surface area contributed by atoms with E-state index >= 15 is 0 Å². The van der Waals surface area contributed by atoms with Gasteiger partial charge >= 0.3 is 0 Å². The van der Waals surface area contributed by atoms with Gasteiger partial charge in [0.1, 0.15) is 0 Å². The summed E-state index contributed by atoms with van der Waals surface area (Å²) >= 11 is 0. The minimum absolute atomic E-state index is 0.0940. The highest BCUT2D eigenvalue weighted by molar-refractivity contribution is 5.91. The first-order valence-corrected chi connectivity index (χ1v) is 6.24. The Balaban J connectivity index is 2.68. The molecule has 0 fully saturated rings. The molecule has 0 saturated carbocycles. The number of amides is 1. The summed E-state index contributed by atoms with van der Waals surface area (Å²) in [6.07, 6.45) is 3.27. The van der Waals surface area contributed by atoms with Crippen molar-refractivity contribution in [2.24, 2.45) is 5.92 Å². The number of carbonyl (C=O) groups excluding carboxylic acids is 1. The lowest BCUT2D eigenvalue weighted by atomic mass is 10.2. The average Bonchev–Trinajstić information content (AvgIpc) is 2.42. The number of methoxy groups -OCH3 is 2. The zero-order chi connectivity index (χ0) is 14.3. The van der Waals surface area contributed by atoms with Crippen LogP contribution in [0.1, 0.15) is 19.4 Å². The molecule has 0 unspecified atom stereocenters. The van der Waals surface area contributed by atoms with Gasteiger partial charge in [-0.1, -0.05) is 19.9 Å². The molecule has 4 heteroatoms. The van der Waals surface area contributed by atoms with E-state index in [-0.39, 0.29) is 5.91 Å². The molecule has 1 amide bonds. The first-order chi connectivity index (χ1) is 9.06. The monoisotopic (exact) mass is 263 g/mol. The molecule has 0 spiro atoms. The Kier molecular flexibility index (Phi) is 5.93. The van der Waals surface area contributed by atoms with Gasteiger partial charge < -0.3 is 14.8 Å². The second-order valence-corrected chi connectivity index (χ2v) is 4.59. The zero-order valence-electron chi connectivity index (χ0n) is 11.9. The maximum atomic E-state index is 11.5. The van der Waals surface area contributed by atoms with Gasteiger partial charge in [0.25, 0.3) is 0 Å². The van der Waals surface area contributed by atoms with Crippen LogP contribution in [0, 0.1) is 5.92 Å². The molecule has 0 aliphatic heterocycles. The molecule has 0 aromatic heterocycles. The topological polar surface area (TPSA) is 47.6 Å². The van der Waals surface area contributed by atoms with Gasteiger partial charge in [0, 0.05) is 12.6 Å². The SMILES string of the molecule is COc1ccc(/C=C/C(=O)NCC(C)C)cc1OC. The Bertz CT molecular complexity index is 453. The van der Waals surface area contributed by atoms with E-state index in [1.165, 1.54) is 6.08 Å². The molecule has 0 bridgehead atoms. The van der Waals surface area contributed by atoms with Gasteiger partial charge in [-0.15, -0.1) is 0 Å². The first-order valence-electron chi connectivity index (χ1n) is 6.24. The molecule has 0 aliphatic rings. The van der Waals surface area contributed by atoms with Crippen LogP contribution in [0.5, 0.6) is 11.5 Å². The Labute approximate surface area is 114 Å². The summed E-state index contributed by atoms with van der Waals surface area (Å²) in [5.41, 5.74) is 0.886. The van der Waals surface area contributed by atoms with Crippen LogP contribution in [-0.4, -0.2) is 26.7 Å². The molecule has 0 saturated heterocycles. The number of benzene rings is 1. The number of nitrogens with one attached hydrogen (secondary N) is 1. The molecule has 1 aromatic rings. The van der Waals surface area contributed by atoms with E-state index in [9.17, 15) is 4.79 Å². The number of hydrogen-bond donors (Lipinski definition) is 1. The summed E-state index contributed by atoms with van der Waals surface area (Å²) in [5, 5.41) is 2.82. The Morgan fingerprint density at radius 3 is 2.53 bits per heavy atom. The van der Waals surface area contributed by atoms with Crippen LogP contribution in [0.25, 0.3) is 6.08 Å². The maximum Gasteiger partial charge on any atom is 0.244 e. The van der Waals surface area contributed by atoms with Crippen molar-refractivity contribution in [3.63, 3.8) is 0 Å². The van der Waals surface area contributed by atoms with E-state index in [1.54, 1.807) is 20.3 Å². The van der Waals surface area contributed by atoms with Crippen LogP contribution < -0.4 is 14.8 Å². The van der Waals surface area contributed by atoms with Crippen molar-refractivity contribution >= 4 is 12.0 Å². The van der Waals surface area contributed by atoms with Gasteiger partial charge in [-0.3, -0.25) is 4.79 Å². The predicted molar refractivity (Wildman–Crippen MR) is 76.4 cm³/mol. The van der Waals surface area contributed by atoms with Gasteiger partial charge in [-0.2, -0.15) is 0 Å². The van der Waals surface area contributed by atoms with Crippen LogP contribution in [0.15, 0.2) is 24.3 Å². The minimum atomic E-state index is -0.0940. The molecule has 0 aliphatic carbocycles. The van der Waals surface area contributed by atoms with E-state index in [0.717, 1.165) is 5.56 Å². The molecular weight excluding hydrogens is 242 g/mol. The minimum Gasteiger partial charge on any atom is -0.493 e. The number of rotatable bonds is 6. The predicted octanol–water partition coefficient (Wildman–Crippen LogP) is 2.49. The normalized spacial score (nSPS) is 10.8. The Morgan fingerprint density at radius 2 is 1.95 bits per heavy atom. The van der Waals surface area contributed by atoms with Crippen molar-refractivity contribution in [2.75, 3.05) is 20.8 Å². The first kappa shape index (κ1) is 15.1. The van der Waals surface area contributed by atoms with Crippen LogP contribution in [0.2, 0.25) is 0 Å². The quantitative estimate of drug-likeness (QED) is 0.802. The third-order valence-corrected chi connectivity index (χ3v) is 2.52. The molecule has 0 heterocycles. The van der Waals surface area contributed by atoms with E-state index in [0.29, 0.717) is 24.0 Å². The molecular formula is C15H21NO3. The van der Waals surface area contributed by atoms with Crippen molar-refractivity contribution in [1.29, 1.82) is 0 Å². The largest absolute Gasteiger partial charge is 0.493 e. The van der Waals surface area contributed by atoms with Crippen molar-refractivity contribution in [2.45, 2.75) is 13.8 Å². The maximum absolute atomic E-state index is 11.5. The summed E-state index contributed by atoms with van der Waals surface area (Å²) in [6, 6.07) is 5.50. The lowest BCUT2D eigenvalue weighted by Crippen LogP contribution is -2.25. The summed E-state index contributed by atoms with van der Waals surface area (Å²) in [4.78, 5) is 11.5. The number of ether oxygens (including phenoxy) is 2. The fourth-order valence-corrected chi connectivity index (χ4v) is 1.49. The van der Waals surface area contributed by atoms with Crippen molar-refractivity contribution in [1.82, 2.24) is 5.32 Å². The van der Waals surface area contributed by atoms with Crippen LogP contribution >= 0.6 is 0 Å². The lowest BCUT2D eigenvalue weighted by molar-refractivity contribution is -0.116. The van der Waals surface area contributed by atoms with E-state index in [2.05, 4.69) is 19.2 Å². The zero-order valence-corrected chi connectivity index (χ0v) is 11.9. The summed E-state index contributed by atoms with van der Waals surface area (Å²) in [5.74, 6) is 1.66. The standard InChI is InChI=1S/C15H21NO3/c1-11(2)10-16-15(17)8-6-12-5-7-13(18-3)14(9-12)19-4/h5-9,11H,10H2,1-4H3,(H,16,17)/b8-6+. The molecule has 0 atom stereocenters. The number of hydrogen-bond acceptors (Lipinski definition) is 3. The van der Waals surface area contributed by atoms with Crippen LogP contribution in [0.4, 0.5) is 0 Å². The van der Waals surface area contributed by atoms with Crippen molar-refractivity contribution < 1.29 is 14.3 Å². The van der Waals surface area contributed by atoms with E-state index in [4.69, 9.17) is 9.47 Å². The molecule has 1 N–H and O–H groups in total. The molecule has 0 radical (unpaired) electrons. The van der Waals surface area contributed by atoms with Gasteiger partial charge in [-0.05, 0) is 29.7 Å². The van der Waals surface area contributed by atoms with Gasteiger partial charge in [-0.25, -0.2) is 0 Å². The van der Waals surface area contributed by atoms with Crippen LogP contribution in [-0.2, 0) is 4.79 Å². The third kappa shape index (κ3) is 5.04. The smallest absolute Gasteiger partial charge is 0.244 e. The van der Waals surface area contributed by atoms with Gasteiger partial charge in [0.05, 0.1) is 14.2 Å². The number of carbonyl (C=O) groups is 1. The average molecular weight is 263 g/mol. The van der Waals surface area contributed by atoms with Crippen LogP contribution in [0.3, 0.4) is 0 Å². The lowest BCUT2D eigenvalue weighted by Gasteiger charge is -2.07. The highest BCUT2D eigenvalue weighted by atomic mass is 16.5. The summed E-state index contributed by atoms with van der Waals surface area (Å²) in [6.45, 7) is 4.78. The van der Waals surface area contributed by atoms with E-state index < -0.39 is 0 Å². The summed E-state index contributed by atoms with van der Waals surface area (Å²) in [7, 11) is 3.17. The molecule has 4 nitrogen and oxygen atoms in total. The van der Waals surface area contributed by atoms with Gasteiger partial charge in [0.15, 0.2) is 11.5 Å². The van der Waals surface area contributed by atoms with Crippen molar-refractivity contribution in [3.05, 3.63) is 29.8 Å². The fraction of sp³-hybridized carbons (Fsp3) is 0.400. The third-order valence-electron chi connectivity index (χ3n) is 2.52. The van der Waals surface area contributed by atoms with E-state index in [1.807, 2.05) is 18.2 Å². The Morgan fingerprint density at radius 1 is 1.26 bits per heavy atom. The highest BCUT2D eigenvalue weighted by Crippen LogP contribution is 2.27. The Hall–Kier alpha value is -1.97. The fourth-order valence-electron chi connectivity index (χ4n) is 1.49. The molecule has 1 rings (SSSR count). The second kappa shape index (κ2) is 7.46. The highest BCUT2D eigenvalue weighted by Gasteiger charge is 2.03. The summed E-state index contributed by atoms with van der Waals surface area (Å²) < 4.78 is 10.4. The van der Waals surface area contributed by atoms with Gasteiger partial charge in [0.2, 0.25) is 5.91 Å². The van der Waals surface area contributed by atoms with Crippen molar-refractivity contribution in [3.8, 4) is 11.5 Å². The molecule has 19 heavy (non-hydrogen) atoms. The molecule has 104 valence electrons. The second-order valence-electron chi connectivity index (χ2n) is 4.59.